The van der Waals surface area contributed by atoms with E-state index in [1.807, 2.05) is 6.07 Å². The fourth-order valence-corrected chi connectivity index (χ4v) is 5.00. The SMILES string of the molecule is O=C(NCC1CCCC(Br)C1)c1cc(Br)c(Br)s1. The van der Waals surface area contributed by atoms with E-state index in [0.717, 1.165) is 26.1 Å². The molecule has 0 spiro atoms. The number of alkyl halides is 1. The van der Waals surface area contributed by atoms with Gasteiger partial charge >= 0.3 is 0 Å². The van der Waals surface area contributed by atoms with Crippen molar-refractivity contribution < 1.29 is 4.79 Å². The van der Waals surface area contributed by atoms with Gasteiger partial charge in [0.2, 0.25) is 0 Å². The van der Waals surface area contributed by atoms with Gasteiger partial charge in [-0.3, -0.25) is 4.79 Å². The predicted octanol–water partition coefficient (Wildman–Crippen LogP) is 4.96. The Morgan fingerprint density at radius 2 is 2.22 bits per heavy atom. The van der Waals surface area contributed by atoms with Crippen molar-refractivity contribution in [3.8, 4) is 0 Å². The van der Waals surface area contributed by atoms with Crippen LogP contribution in [-0.2, 0) is 0 Å². The summed E-state index contributed by atoms with van der Waals surface area (Å²) in [6, 6.07) is 1.86. The summed E-state index contributed by atoms with van der Waals surface area (Å²) in [5.74, 6) is 0.641. The van der Waals surface area contributed by atoms with E-state index in [0.29, 0.717) is 10.7 Å². The van der Waals surface area contributed by atoms with Crippen LogP contribution in [0.25, 0.3) is 0 Å². The molecule has 1 heterocycles. The van der Waals surface area contributed by atoms with Gasteiger partial charge in [-0.05, 0) is 63.1 Å². The first-order valence-electron chi connectivity index (χ1n) is 5.93. The van der Waals surface area contributed by atoms with Crippen molar-refractivity contribution in [3.05, 3.63) is 19.2 Å². The molecule has 6 heteroatoms. The van der Waals surface area contributed by atoms with E-state index in [2.05, 4.69) is 53.1 Å². The number of rotatable bonds is 3. The van der Waals surface area contributed by atoms with Crippen LogP contribution in [0.4, 0.5) is 0 Å². The quantitative estimate of drug-likeness (QED) is 0.636. The molecular formula is C12H14Br3NOS. The van der Waals surface area contributed by atoms with Gasteiger partial charge in [0.05, 0.1) is 8.66 Å². The van der Waals surface area contributed by atoms with E-state index in [1.54, 1.807) is 0 Å². The lowest BCUT2D eigenvalue weighted by molar-refractivity contribution is 0.0948. The summed E-state index contributed by atoms with van der Waals surface area (Å²) in [6.45, 7) is 0.786. The van der Waals surface area contributed by atoms with E-state index >= 15 is 0 Å². The molecule has 2 nitrogen and oxygen atoms in total. The highest BCUT2D eigenvalue weighted by Gasteiger charge is 2.21. The first kappa shape index (κ1) is 15.0. The largest absolute Gasteiger partial charge is 0.351 e. The Morgan fingerprint density at radius 1 is 1.44 bits per heavy atom. The van der Waals surface area contributed by atoms with Gasteiger partial charge in [-0.2, -0.15) is 0 Å². The number of halogens is 3. The molecule has 0 bridgehead atoms. The zero-order valence-electron chi connectivity index (χ0n) is 9.72. The Labute approximate surface area is 136 Å². The van der Waals surface area contributed by atoms with Crippen molar-refractivity contribution in [2.24, 2.45) is 5.92 Å². The number of amides is 1. The third-order valence-corrected chi connectivity index (χ3v) is 7.23. The average Bonchev–Trinajstić information content (AvgIpc) is 2.67. The van der Waals surface area contributed by atoms with Crippen LogP contribution in [0.1, 0.15) is 35.4 Å². The number of nitrogens with one attached hydrogen (secondary N) is 1. The van der Waals surface area contributed by atoms with Crippen LogP contribution < -0.4 is 5.32 Å². The van der Waals surface area contributed by atoms with Crippen LogP contribution in [0, 0.1) is 5.92 Å². The van der Waals surface area contributed by atoms with Gasteiger partial charge in [0, 0.05) is 15.8 Å². The van der Waals surface area contributed by atoms with Crippen LogP contribution in [0.3, 0.4) is 0 Å². The fraction of sp³-hybridized carbons (Fsp3) is 0.583. The maximum absolute atomic E-state index is 12.0. The molecule has 1 amide bonds. The van der Waals surface area contributed by atoms with E-state index in [4.69, 9.17) is 0 Å². The predicted molar refractivity (Wildman–Crippen MR) is 86.7 cm³/mol. The molecule has 2 rings (SSSR count). The van der Waals surface area contributed by atoms with Gasteiger partial charge in [-0.1, -0.05) is 22.4 Å². The lowest BCUT2D eigenvalue weighted by Gasteiger charge is -2.25. The Kier molecular flexibility index (Phi) is 5.72. The minimum absolute atomic E-state index is 0.0306. The van der Waals surface area contributed by atoms with Gasteiger partial charge in [0.1, 0.15) is 0 Å². The van der Waals surface area contributed by atoms with Crippen molar-refractivity contribution in [3.63, 3.8) is 0 Å². The summed E-state index contributed by atoms with van der Waals surface area (Å²) in [6.07, 6.45) is 4.90. The Morgan fingerprint density at radius 3 is 2.83 bits per heavy atom. The van der Waals surface area contributed by atoms with Crippen LogP contribution in [0.2, 0.25) is 0 Å². The summed E-state index contributed by atoms with van der Waals surface area (Å²) in [5.41, 5.74) is 0. The number of hydrogen-bond donors (Lipinski definition) is 1. The topological polar surface area (TPSA) is 29.1 Å². The molecule has 1 aliphatic carbocycles. The van der Waals surface area contributed by atoms with Crippen molar-refractivity contribution in [2.45, 2.75) is 30.5 Å². The lowest BCUT2D eigenvalue weighted by Crippen LogP contribution is -2.31. The summed E-state index contributed by atoms with van der Waals surface area (Å²) in [5, 5.41) is 3.04. The first-order valence-corrected chi connectivity index (χ1v) is 9.25. The number of carbonyl (C=O) groups excluding carboxylic acids is 1. The highest BCUT2D eigenvalue weighted by Crippen LogP contribution is 2.32. The zero-order chi connectivity index (χ0) is 13.1. The molecule has 0 saturated heterocycles. The molecule has 0 aromatic carbocycles. The molecule has 2 atom stereocenters. The van der Waals surface area contributed by atoms with Gasteiger partial charge in [-0.15, -0.1) is 11.3 Å². The molecule has 18 heavy (non-hydrogen) atoms. The summed E-state index contributed by atoms with van der Waals surface area (Å²) in [7, 11) is 0. The normalized spacial score (nSPS) is 23.9. The first-order chi connectivity index (χ1) is 8.56. The second-order valence-electron chi connectivity index (χ2n) is 4.57. The van der Waals surface area contributed by atoms with Crippen LogP contribution in [0.15, 0.2) is 14.3 Å². The molecule has 100 valence electrons. The lowest BCUT2D eigenvalue weighted by atomic mass is 9.89. The molecule has 1 N–H and O–H groups in total. The Hall–Kier alpha value is 0.610. The summed E-state index contributed by atoms with van der Waals surface area (Å²) >= 11 is 11.9. The second-order valence-corrected chi connectivity index (χ2v) is 9.09. The van der Waals surface area contributed by atoms with E-state index in [-0.39, 0.29) is 5.91 Å². The molecule has 1 aromatic heterocycles. The highest BCUT2D eigenvalue weighted by molar-refractivity contribution is 9.13. The van der Waals surface area contributed by atoms with Crippen molar-refractivity contribution >= 4 is 65.0 Å². The van der Waals surface area contributed by atoms with Crippen LogP contribution in [-0.4, -0.2) is 17.3 Å². The molecule has 1 saturated carbocycles. The van der Waals surface area contributed by atoms with Crippen molar-refractivity contribution in [2.75, 3.05) is 6.54 Å². The van der Waals surface area contributed by atoms with Crippen molar-refractivity contribution in [1.29, 1.82) is 0 Å². The van der Waals surface area contributed by atoms with Gasteiger partial charge in [-0.25, -0.2) is 0 Å². The molecule has 0 radical (unpaired) electrons. The minimum atomic E-state index is 0.0306. The number of hydrogen-bond acceptors (Lipinski definition) is 2. The zero-order valence-corrected chi connectivity index (χ0v) is 15.3. The van der Waals surface area contributed by atoms with Gasteiger partial charge in [0.25, 0.3) is 5.91 Å². The molecule has 2 unspecified atom stereocenters. The smallest absolute Gasteiger partial charge is 0.261 e. The van der Waals surface area contributed by atoms with Crippen LogP contribution >= 0.6 is 59.1 Å². The molecule has 1 fully saturated rings. The van der Waals surface area contributed by atoms with E-state index in [9.17, 15) is 4.79 Å². The Bertz CT molecular complexity index is 415. The second kappa shape index (κ2) is 6.86. The maximum Gasteiger partial charge on any atom is 0.261 e. The molecule has 1 aromatic rings. The fourth-order valence-electron chi connectivity index (χ4n) is 2.19. The average molecular weight is 460 g/mol. The summed E-state index contributed by atoms with van der Waals surface area (Å²) in [4.78, 5) is 13.4. The van der Waals surface area contributed by atoms with E-state index < -0.39 is 0 Å². The molecular weight excluding hydrogens is 446 g/mol. The van der Waals surface area contributed by atoms with Crippen LogP contribution in [0.5, 0.6) is 0 Å². The number of thiophene rings is 1. The summed E-state index contributed by atoms with van der Waals surface area (Å²) < 4.78 is 1.90. The standard InChI is InChI=1S/C12H14Br3NOS/c13-8-3-1-2-7(4-8)6-16-12(17)10-5-9(14)11(15)18-10/h5,7-8H,1-4,6H2,(H,16,17). The third kappa shape index (κ3) is 4.05. The minimum Gasteiger partial charge on any atom is -0.351 e. The molecule has 1 aliphatic rings. The Balaban J connectivity index is 1.84. The highest BCUT2D eigenvalue weighted by atomic mass is 79.9. The monoisotopic (exact) mass is 457 g/mol. The maximum atomic E-state index is 12.0. The van der Waals surface area contributed by atoms with Gasteiger partial charge in [0.15, 0.2) is 0 Å². The third-order valence-electron chi connectivity index (χ3n) is 3.14. The number of carbonyl (C=O) groups is 1. The molecule has 0 aliphatic heterocycles. The van der Waals surface area contributed by atoms with Crippen molar-refractivity contribution in [1.82, 2.24) is 5.32 Å². The van der Waals surface area contributed by atoms with Gasteiger partial charge < -0.3 is 5.32 Å². The van der Waals surface area contributed by atoms with E-state index in [1.165, 1.54) is 30.6 Å².